The van der Waals surface area contributed by atoms with Crippen molar-refractivity contribution in [2.45, 2.75) is 39.7 Å². The third kappa shape index (κ3) is 3.52. The normalized spacial score (nSPS) is 16.6. The first kappa shape index (κ1) is 17.0. The summed E-state index contributed by atoms with van der Waals surface area (Å²) in [6.45, 7) is 5.64. The van der Waals surface area contributed by atoms with Gasteiger partial charge in [-0.2, -0.15) is 0 Å². The first-order chi connectivity index (χ1) is 11.0. The molecule has 0 aliphatic carbocycles. The second kappa shape index (κ2) is 7.26. The van der Waals surface area contributed by atoms with E-state index in [1.54, 1.807) is 12.1 Å². The van der Waals surface area contributed by atoms with E-state index in [9.17, 15) is 14.4 Å². The summed E-state index contributed by atoms with van der Waals surface area (Å²) in [6.07, 6.45) is 1.30. The number of aldehydes is 1. The molecule has 0 fully saturated rings. The molecule has 2 rings (SSSR count). The topological polar surface area (TPSA) is 72.9 Å². The molecule has 0 N–H and O–H groups in total. The van der Waals surface area contributed by atoms with Crippen LogP contribution in [0.15, 0.2) is 12.1 Å². The number of benzene rings is 1. The predicted molar refractivity (Wildman–Crippen MR) is 85.4 cm³/mol. The number of rotatable bonds is 7. The van der Waals surface area contributed by atoms with Crippen LogP contribution in [-0.2, 0) is 9.59 Å². The third-order valence-corrected chi connectivity index (χ3v) is 3.50. The number of Topliss-reactive ketones (excluding diaryl/α,β-unsaturated/α-hetero) is 1. The van der Waals surface area contributed by atoms with Crippen LogP contribution in [0.1, 0.15) is 44.0 Å². The standard InChI is InChI=1S/C17H21NO5/c1-4-6-22-15-8-12(10-19)7-13-16(15)23-14(5-2)17(21)18(13)9-11(3)20/h7-8,10,14H,4-6,9H2,1-3H3. The number of carbonyl (C=O) groups is 3. The van der Waals surface area contributed by atoms with Crippen LogP contribution >= 0.6 is 0 Å². The highest BCUT2D eigenvalue weighted by Gasteiger charge is 2.36. The molecule has 0 bridgehead atoms. The van der Waals surface area contributed by atoms with E-state index in [4.69, 9.17) is 9.47 Å². The molecule has 23 heavy (non-hydrogen) atoms. The smallest absolute Gasteiger partial charge is 0.268 e. The minimum Gasteiger partial charge on any atom is -0.490 e. The third-order valence-electron chi connectivity index (χ3n) is 3.50. The molecule has 1 aliphatic rings. The molecular formula is C17H21NO5. The number of ether oxygens (including phenoxy) is 2. The van der Waals surface area contributed by atoms with Crippen molar-refractivity contribution >= 4 is 23.7 Å². The van der Waals surface area contributed by atoms with Gasteiger partial charge in [0, 0.05) is 5.56 Å². The van der Waals surface area contributed by atoms with E-state index < -0.39 is 6.10 Å². The molecular weight excluding hydrogens is 298 g/mol. The summed E-state index contributed by atoms with van der Waals surface area (Å²) in [5.41, 5.74) is 0.778. The number of nitrogens with zero attached hydrogens (tertiary/aromatic N) is 1. The van der Waals surface area contributed by atoms with Crippen LogP contribution in [0.4, 0.5) is 5.69 Å². The summed E-state index contributed by atoms with van der Waals surface area (Å²) < 4.78 is 11.5. The second-order valence-corrected chi connectivity index (χ2v) is 5.47. The Hall–Kier alpha value is -2.37. The molecule has 1 aromatic rings. The Morgan fingerprint density at radius 1 is 1.39 bits per heavy atom. The average Bonchev–Trinajstić information content (AvgIpc) is 2.54. The Kier molecular flexibility index (Phi) is 5.36. The highest BCUT2D eigenvalue weighted by Crippen LogP contribution is 2.43. The molecule has 6 nitrogen and oxygen atoms in total. The van der Waals surface area contributed by atoms with Crippen LogP contribution in [0.2, 0.25) is 0 Å². The monoisotopic (exact) mass is 319 g/mol. The van der Waals surface area contributed by atoms with Gasteiger partial charge < -0.3 is 9.47 Å². The van der Waals surface area contributed by atoms with Gasteiger partial charge in [0.1, 0.15) is 12.1 Å². The van der Waals surface area contributed by atoms with E-state index >= 15 is 0 Å². The van der Waals surface area contributed by atoms with Crippen molar-refractivity contribution in [3.63, 3.8) is 0 Å². The van der Waals surface area contributed by atoms with E-state index in [1.165, 1.54) is 11.8 Å². The largest absolute Gasteiger partial charge is 0.490 e. The summed E-state index contributed by atoms with van der Waals surface area (Å²) in [4.78, 5) is 36.6. The molecule has 1 amide bonds. The molecule has 0 spiro atoms. The number of anilines is 1. The van der Waals surface area contributed by atoms with Crippen molar-refractivity contribution in [3.8, 4) is 11.5 Å². The molecule has 0 radical (unpaired) electrons. The van der Waals surface area contributed by atoms with Crippen LogP contribution < -0.4 is 14.4 Å². The number of amides is 1. The number of carbonyl (C=O) groups excluding carboxylic acids is 3. The molecule has 0 aromatic heterocycles. The van der Waals surface area contributed by atoms with Crippen molar-refractivity contribution in [2.24, 2.45) is 0 Å². The van der Waals surface area contributed by atoms with Gasteiger partial charge in [-0.25, -0.2) is 0 Å². The lowest BCUT2D eigenvalue weighted by Crippen LogP contribution is -2.47. The molecule has 1 unspecified atom stereocenters. The summed E-state index contributed by atoms with van der Waals surface area (Å²) in [7, 11) is 0. The Balaban J connectivity index is 2.55. The molecule has 1 heterocycles. The summed E-state index contributed by atoms with van der Waals surface area (Å²) in [6, 6.07) is 3.14. The molecule has 0 saturated heterocycles. The SMILES string of the molecule is CCCOc1cc(C=O)cc2c1OC(CC)C(=O)N2CC(C)=O. The van der Waals surface area contributed by atoms with Gasteiger partial charge in [0.15, 0.2) is 17.6 Å². The number of ketones is 1. The van der Waals surface area contributed by atoms with Crippen molar-refractivity contribution in [1.82, 2.24) is 0 Å². The maximum Gasteiger partial charge on any atom is 0.268 e. The lowest BCUT2D eigenvalue weighted by atomic mass is 10.1. The summed E-state index contributed by atoms with van der Waals surface area (Å²) in [5.74, 6) is 0.413. The van der Waals surface area contributed by atoms with Crippen molar-refractivity contribution in [2.75, 3.05) is 18.1 Å². The van der Waals surface area contributed by atoms with E-state index in [-0.39, 0.29) is 18.2 Å². The van der Waals surface area contributed by atoms with Gasteiger partial charge in [-0.05, 0) is 31.9 Å². The molecule has 124 valence electrons. The van der Waals surface area contributed by atoms with Crippen LogP contribution in [0.5, 0.6) is 11.5 Å². The highest BCUT2D eigenvalue weighted by molar-refractivity contribution is 6.05. The van der Waals surface area contributed by atoms with Gasteiger partial charge in [-0.3, -0.25) is 19.3 Å². The molecule has 1 aromatic carbocycles. The minimum absolute atomic E-state index is 0.0543. The zero-order chi connectivity index (χ0) is 17.0. The molecule has 1 aliphatic heterocycles. The average molecular weight is 319 g/mol. The zero-order valence-electron chi connectivity index (χ0n) is 13.6. The lowest BCUT2D eigenvalue weighted by molar-refractivity contribution is -0.128. The number of hydrogen-bond acceptors (Lipinski definition) is 5. The lowest BCUT2D eigenvalue weighted by Gasteiger charge is -2.34. The van der Waals surface area contributed by atoms with Crippen LogP contribution in [0.3, 0.4) is 0 Å². The predicted octanol–water partition coefficient (Wildman–Crippen LogP) is 2.38. The minimum atomic E-state index is -0.659. The first-order valence-corrected chi connectivity index (χ1v) is 7.75. The molecule has 6 heteroatoms. The van der Waals surface area contributed by atoms with E-state index in [2.05, 4.69) is 0 Å². The van der Waals surface area contributed by atoms with Crippen molar-refractivity contribution in [1.29, 1.82) is 0 Å². The Morgan fingerprint density at radius 2 is 2.13 bits per heavy atom. The van der Waals surface area contributed by atoms with Gasteiger partial charge >= 0.3 is 0 Å². The van der Waals surface area contributed by atoms with E-state index in [0.29, 0.717) is 42.1 Å². The first-order valence-electron chi connectivity index (χ1n) is 7.75. The zero-order valence-corrected chi connectivity index (χ0v) is 13.6. The van der Waals surface area contributed by atoms with Crippen LogP contribution in [0, 0.1) is 0 Å². The van der Waals surface area contributed by atoms with Gasteiger partial charge in [0.2, 0.25) is 0 Å². The van der Waals surface area contributed by atoms with Crippen molar-refractivity contribution < 1.29 is 23.9 Å². The number of fused-ring (bicyclic) bond motifs is 1. The van der Waals surface area contributed by atoms with Gasteiger partial charge in [-0.15, -0.1) is 0 Å². The second-order valence-electron chi connectivity index (χ2n) is 5.47. The Bertz CT molecular complexity index is 626. The van der Waals surface area contributed by atoms with Gasteiger partial charge in [0.05, 0.1) is 18.8 Å². The summed E-state index contributed by atoms with van der Waals surface area (Å²) in [5, 5.41) is 0. The fraction of sp³-hybridized carbons (Fsp3) is 0.471. The highest BCUT2D eigenvalue weighted by atomic mass is 16.5. The summed E-state index contributed by atoms with van der Waals surface area (Å²) >= 11 is 0. The van der Waals surface area contributed by atoms with Crippen LogP contribution in [0.25, 0.3) is 0 Å². The fourth-order valence-corrected chi connectivity index (χ4v) is 2.44. The number of hydrogen-bond donors (Lipinski definition) is 0. The maximum atomic E-state index is 12.5. The fourth-order valence-electron chi connectivity index (χ4n) is 2.44. The quantitative estimate of drug-likeness (QED) is 0.722. The molecule has 1 atom stereocenters. The van der Waals surface area contributed by atoms with E-state index in [0.717, 1.165) is 6.42 Å². The van der Waals surface area contributed by atoms with E-state index in [1.807, 2.05) is 13.8 Å². The van der Waals surface area contributed by atoms with Gasteiger partial charge in [-0.1, -0.05) is 13.8 Å². The van der Waals surface area contributed by atoms with Crippen LogP contribution in [-0.4, -0.2) is 37.2 Å². The molecule has 0 saturated carbocycles. The Morgan fingerprint density at radius 3 is 2.70 bits per heavy atom. The maximum absolute atomic E-state index is 12.5. The van der Waals surface area contributed by atoms with Gasteiger partial charge in [0.25, 0.3) is 5.91 Å². The van der Waals surface area contributed by atoms with Crippen molar-refractivity contribution in [3.05, 3.63) is 17.7 Å². The Labute approximate surface area is 135 Å².